The molecule has 1 aliphatic rings. The summed E-state index contributed by atoms with van der Waals surface area (Å²) in [6, 6.07) is 11.9. The summed E-state index contributed by atoms with van der Waals surface area (Å²) < 4.78 is 18.7. The van der Waals surface area contributed by atoms with Gasteiger partial charge < -0.3 is 14.9 Å². The number of aliphatic hydroxyl groups is 1. The minimum atomic E-state index is -0.800. The predicted molar refractivity (Wildman–Crippen MR) is 146 cm³/mol. The highest BCUT2D eigenvalue weighted by Gasteiger charge is 2.30. The molecule has 1 aliphatic heterocycles. The van der Waals surface area contributed by atoms with E-state index in [1.807, 2.05) is 24.3 Å². The Kier molecular flexibility index (Phi) is 9.57. The number of rotatable bonds is 9. The zero-order chi connectivity index (χ0) is 27.1. The van der Waals surface area contributed by atoms with Crippen LogP contribution in [0, 0.1) is 29.5 Å². The molecule has 3 aromatic rings. The highest BCUT2D eigenvalue weighted by Crippen LogP contribution is 2.35. The van der Waals surface area contributed by atoms with Crippen molar-refractivity contribution in [3.8, 4) is 17.6 Å². The Morgan fingerprint density at radius 3 is 2.84 bits per heavy atom. The number of benzene rings is 2. The van der Waals surface area contributed by atoms with Crippen LogP contribution in [-0.2, 0) is 4.79 Å². The van der Waals surface area contributed by atoms with E-state index in [4.69, 9.17) is 16.3 Å². The lowest BCUT2D eigenvalue weighted by Gasteiger charge is -2.38. The van der Waals surface area contributed by atoms with Crippen molar-refractivity contribution in [2.45, 2.75) is 38.2 Å². The first-order chi connectivity index (χ1) is 18.3. The van der Waals surface area contributed by atoms with Gasteiger partial charge in [-0.3, -0.25) is 14.7 Å². The highest BCUT2D eigenvalue weighted by atomic mass is 35.5. The number of fused-ring (bicyclic) bond motifs is 1. The second kappa shape index (κ2) is 13.1. The molecule has 0 aliphatic carbocycles. The van der Waals surface area contributed by atoms with Crippen molar-refractivity contribution in [2.24, 2.45) is 11.8 Å². The molecular weight excluding hydrogens is 507 g/mol. The largest absolute Gasteiger partial charge is 0.497 e. The summed E-state index contributed by atoms with van der Waals surface area (Å²) in [5.41, 5.74) is 2.28. The lowest BCUT2D eigenvalue weighted by Crippen LogP contribution is -2.41. The summed E-state index contributed by atoms with van der Waals surface area (Å²) in [7, 11) is 1.61. The number of hydrogen-bond acceptors (Lipinski definition) is 5. The molecule has 200 valence electrons. The number of carboxylic acids is 1. The summed E-state index contributed by atoms with van der Waals surface area (Å²) >= 11 is 5.84. The molecule has 2 heterocycles. The average molecular weight is 539 g/mol. The minimum Gasteiger partial charge on any atom is -0.497 e. The third kappa shape index (κ3) is 7.22. The zero-order valence-electron chi connectivity index (χ0n) is 21.4. The van der Waals surface area contributed by atoms with E-state index >= 15 is 0 Å². The van der Waals surface area contributed by atoms with E-state index in [2.05, 4.69) is 21.7 Å². The van der Waals surface area contributed by atoms with Gasteiger partial charge in [-0.05, 0) is 92.1 Å². The normalized spacial score (nSPS) is 18.5. The van der Waals surface area contributed by atoms with E-state index in [9.17, 15) is 19.4 Å². The number of piperidine rings is 1. The Bertz CT molecular complexity index is 1340. The summed E-state index contributed by atoms with van der Waals surface area (Å²) in [6.45, 7) is 2.14. The van der Waals surface area contributed by atoms with Gasteiger partial charge >= 0.3 is 5.97 Å². The molecule has 2 N–H and O–H groups in total. The lowest BCUT2D eigenvalue weighted by atomic mass is 9.79. The van der Waals surface area contributed by atoms with Gasteiger partial charge in [-0.1, -0.05) is 23.4 Å². The summed E-state index contributed by atoms with van der Waals surface area (Å²) in [6.07, 6.45) is 4.05. The minimum absolute atomic E-state index is 0.0486. The van der Waals surface area contributed by atoms with Gasteiger partial charge in [0, 0.05) is 30.1 Å². The molecule has 0 radical (unpaired) electrons. The molecular formula is C30H32ClFN2O4. The molecule has 8 heteroatoms. The monoisotopic (exact) mass is 538 g/mol. The first-order valence-corrected chi connectivity index (χ1v) is 13.2. The van der Waals surface area contributed by atoms with E-state index in [0.29, 0.717) is 36.6 Å². The van der Waals surface area contributed by atoms with E-state index in [0.717, 1.165) is 42.4 Å². The third-order valence-corrected chi connectivity index (χ3v) is 7.60. The number of ether oxygens (including phenoxy) is 1. The topological polar surface area (TPSA) is 82.9 Å². The fourth-order valence-corrected chi connectivity index (χ4v) is 5.42. The predicted octanol–water partition coefficient (Wildman–Crippen LogP) is 5.70. The SMILES string of the molecule is COc1ccc2nccc([C@@H](O)CCC3CCN(CC#Cc4ccc(F)c(Cl)c4)CC3CCC(=O)O)c2c1. The van der Waals surface area contributed by atoms with Crippen molar-refractivity contribution in [2.75, 3.05) is 26.7 Å². The van der Waals surface area contributed by atoms with Crippen molar-refractivity contribution < 1.29 is 24.1 Å². The van der Waals surface area contributed by atoms with Crippen LogP contribution < -0.4 is 4.74 Å². The first kappa shape index (κ1) is 27.8. The fraction of sp³-hybridized carbons (Fsp3) is 0.400. The molecule has 1 aromatic heterocycles. The van der Waals surface area contributed by atoms with Crippen LogP contribution in [0.2, 0.25) is 5.02 Å². The Hall–Kier alpha value is -3.18. The summed E-state index contributed by atoms with van der Waals surface area (Å²) in [5, 5.41) is 21.3. The van der Waals surface area contributed by atoms with Crippen LogP contribution in [0.15, 0.2) is 48.7 Å². The quantitative estimate of drug-likeness (QED) is 0.340. The van der Waals surface area contributed by atoms with Crippen LogP contribution in [-0.4, -0.2) is 52.8 Å². The molecule has 2 aromatic carbocycles. The maximum Gasteiger partial charge on any atom is 0.303 e. The number of pyridine rings is 1. The molecule has 6 nitrogen and oxygen atoms in total. The van der Waals surface area contributed by atoms with Crippen molar-refractivity contribution >= 4 is 28.5 Å². The van der Waals surface area contributed by atoms with E-state index in [-0.39, 0.29) is 17.4 Å². The number of halogens is 2. The molecule has 0 amide bonds. The number of aliphatic carboxylic acids is 1. The number of likely N-dealkylation sites (tertiary alicyclic amines) is 1. The smallest absolute Gasteiger partial charge is 0.303 e. The Morgan fingerprint density at radius 1 is 1.24 bits per heavy atom. The Labute approximate surface area is 227 Å². The molecule has 0 spiro atoms. The maximum atomic E-state index is 13.4. The highest BCUT2D eigenvalue weighted by molar-refractivity contribution is 6.30. The van der Waals surface area contributed by atoms with Gasteiger partial charge in [-0.15, -0.1) is 0 Å². The Morgan fingerprint density at radius 2 is 2.08 bits per heavy atom. The van der Waals surface area contributed by atoms with E-state index < -0.39 is 17.9 Å². The molecule has 38 heavy (non-hydrogen) atoms. The van der Waals surface area contributed by atoms with Gasteiger partial charge in [0.1, 0.15) is 11.6 Å². The van der Waals surface area contributed by atoms with Crippen molar-refractivity contribution in [3.05, 3.63) is 70.6 Å². The zero-order valence-corrected chi connectivity index (χ0v) is 22.1. The van der Waals surface area contributed by atoms with Gasteiger partial charge in [0.05, 0.1) is 30.3 Å². The van der Waals surface area contributed by atoms with Crippen LogP contribution in [0.1, 0.15) is 49.3 Å². The summed E-state index contributed by atoms with van der Waals surface area (Å²) in [5.74, 6) is 6.13. The number of methoxy groups -OCH3 is 1. The van der Waals surface area contributed by atoms with Gasteiger partial charge in [-0.25, -0.2) is 4.39 Å². The van der Waals surface area contributed by atoms with Gasteiger partial charge in [0.15, 0.2) is 0 Å². The molecule has 0 bridgehead atoms. The van der Waals surface area contributed by atoms with Gasteiger partial charge in [0.2, 0.25) is 0 Å². The third-order valence-electron chi connectivity index (χ3n) is 7.31. The number of carboxylic acid groups (broad SMARTS) is 1. The van der Waals surface area contributed by atoms with Crippen molar-refractivity contribution in [3.63, 3.8) is 0 Å². The van der Waals surface area contributed by atoms with Crippen LogP contribution in [0.3, 0.4) is 0 Å². The molecule has 4 rings (SSSR count). The molecule has 3 atom stereocenters. The number of hydrogen-bond donors (Lipinski definition) is 2. The lowest BCUT2D eigenvalue weighted by molar-refractivity contribution is -0.137. The Balaban J connectivity index is 1.39. The molecule has 0 saturated carbocycles. The van der Waals surface area contributed by atoms with Crippen LogP contribution in [0.4, 0.5) is 4.39 Å². The molecule has 1 saturated heterocycles. The number of carbonyl (C=O) groups is 1. The van der Waals surface area contributed by atoms with E-state index in [1.54, 1.807) is 19.4 Å². The van der Waals surface area contributed by atoms with Gasteiger partial charge in [0.25, 0.3) is 0 Å². The number of nitrogens with zero attached hydrogens (tertiary/aromatic N) is 2. The first-order valence-electron chi connectivity index (χ1n) is 12.8. The van der Waals surface area contributed by atoms with Crippen molar-refractivity contribution in [1.29, 1.82) is 0 Å². The number of aliphatic hydroxyl groups excluding tert-OH is 1. The second-order valence-corrected chi connectivity index (χ2v) is 10.2. The van der Waals surface area contributed by atoms with Crippen LogP contribution in [0.5, 0.6) is 5.75 Å². The van der Waals surface area contributed by atoms with Crippen LogP contribution in [0.25, 0.3) is 10.9 Å². The molecule has 1 fully saturated rings. The fourth-order valence-electron chi connectivity index (χ4n) is 5.23. The standard InChI is InChI=1S/C30H32ClFN2O4/c1-38-23-7-9-28-25(18-23)24(12-14-33-28)29(35)10-5-21-13-16-34(19-22(21)6-11-30(36)37)15-2-3-20-4-8-27(32)26(31)17-20/h4,7-9,12,14,17-18,21-22,29,35H,5-6,10-11,13,15-16,19H2,1H3,(H,36,37)/t21?,22?,29-/m0/s1. The number of aromatic nitrogens is 1. The summed E-state index contributed by atoms with van der Waals surface area (Å²) in [4.78, 5) is 17.9. The average Bonchev–Trinajstić information content (AvgIpc) is 2.92. The second-order valence-electron chi connectivity index (χ2n) is 9.78. The van der Waals surface area contributed by atoms with E-state index in [1.165, 1.54) is 12.1 Å². The van der Waals surface area contributed by atoms with Crippen LogP contribution >= 0.6 is 11.6 Å². The van der Waals surface area contributed by atoms with Gasteiger partial charge in [-0.2, -0.15) is 0 Å². The molecule has 2 unspecified atom stereocenters. The van der Waals surface area contributed by atoms with Crippen molar-refractivity contribution in [1.82, 2.24) is 9.88 Å². The maximum absolute atomic E-state index is 13.4.